The van der Waals surface area contributed by atoms with Crippen LogP contribution in [0.3, 0.4) is 0 Å². The first-order chi connectivity index (χ1) is 7.28. The molecule has 4 nitrogen and oxygen atoms in total. The summed E-state index contributed by atoms with van der Waals surface area (Å²) in [6.07, 6.45) is 0.977. The fraction of sp³-hybridized carbons (Fsp3) is 0.583. The van der Waals surface area contributed by atoms with Gasteiger partial charge in [0, 0.05) is 12.0 Å². The van der Waals surface area contributed by atoms with Gasteiger partial charge in [-0.1, -0.05) is 19.4 Å². The van der Waals surface area contributed by atoms with E-state index in [1.165, 1.54) is 0 Å². The Kier molecular flexibility index (Phi) is 3.18. The number of carboxylic acid groups (broad SMARTS) is 1. The van der Waals surface area contributed by atoms with Gasteiger partial charge in [-0.05, 0) is 18.8 Å². The van der Waals surface area contributed by atoms with E-state index in [2.05, 4.69) is 0 Å². The number of hydrogen-bond donors (Lipinski definition) is 1. The molecule has 1 unspecified atom stereocenters. The molecule has 0 aromatic rings. The highest BCUT2D eigenvalue weighted by Gasteiger charge is 2.37. The number of aliphatic carboxylic acids is 1. The van der Waals surface area contributed by atoms with E-state index in [1.807, 2.05) is 13.8 Å². The Labute approximate surface area is 94.6 Å². The van der Waals surface area contributed by atoms with Crippen LogP contribution >= 0.6 is 0 Å². The number of carboxylic acids is 1. The molecule has 1 aliphatic carbocycles. The highest BCUT2D eigenvalue weighted by Crippen LogP contribution is 2.38. The zero-order valence-electron chi connectivity index (χ0n) is 9.70. The first-order valence-electron chi connectivity index (χ1n) is 5.14. The Balaban J connectivity index is 3.18. The zero-order valence-corrected chi connectivity index (χ0v) is 9.70. The molecular formula is C12H15NO3. The summed E-state index contributed by atoms with van der Waals surface area (Å²) in [5.74, 6) is -2.77. The lowest BCUT2D eigenvalue weighted by atomic mass is 9.71. The first-order valence-corrected chi connectivity index (χ1v) is 5.14. The summed E-state index contributed by atoms with van der Waals surface area (Å²) < 4.78 is 0. The van der Waals surface area contributed by atoms with Crippen molar-refractivity contribution in [1.82, 2.24) is 0 Å². The number of Topliss-reactive ketones (excluding diaryl/α,β-unsaturated/α-hetero) is 1. The molecule has 16 heavy (non-hydrogen) atoms. The van der Waals surface area contributed by atoms with Gasteiger partial charge >= 0.3 is 5.97 Å². The lowest BCUT2D eigenvalue weighted by Crippen LogP contribution is -2.30. The topological polar surface area (TPSA) is 78.2 Å². The number of hydrogen-bond acceptors (Lipinski definition) is 3. The van der Waals surface area contributed by atoms with E-state index in [9.17, 15) is 9.59 Å². The largest absolute Gasteiger partial charge is 0.480 e. The average molecular weight is 221 g/mol. The number of allylic oxidation sites excluding steroid dienone is 1. The highest BCUT2D eigenvalue weighted by molar-refractivity contribution is 6.03. The van der Waals surface area contributed by atoms with Crippen LogP contribution in [0.2, 0.25) is 0 Å². The summed E-state index contributed by atoms with van der Waals surface area (Å²) in [5, 5.41) is 17.7. The van der Waals surface area contributed by atoms with Crippen molar-refractivity contribution in [3.63, 3.8) is 0 Å². The van der Waals surface area contributed by atoms with Crippen LogP contribution in [-0.4, -0.2) is 16.9 Å². The van der Waals surface area contributed by atoms with Crippen molar-refractivity contribution in [2.24, 2.45) is 11.3 Å². The number of carbonyl (C=O) groups excluding carboxylic acids is 1. The predicted octanol–water partition coefficient (Wildman–Crippen LogP) is 1.92. The average Bonchev–Trinajstić information content (AvgIpc) is 2.08. The van der Waals surface area contributed by atoms with Gasteiger partial charge in [0.15, 0.2) is 11.7 Å². The van der Waals surface area contributed by atoms with E-state index in [0.29, 0.717) is 12.8 Å². The second-order valence-electron chi connectivity index (χ2n) is 5.04. The van der Waals surface area contributed by atoms with Crippen molar-refractivity contribution >= 4 is 11.8 Å². The standard InChI is InChI=1S/C12H15NO3/c1-7-4-12(2,3)5-9(14)10(7)8(6-13)11(15)16/h8H,4-5H2,1-3H3,(H,15,16). The molecule has 4 heteroatoms. The number of rotatable bonds is 2. The normalized spacial score (nSPS) is 21.5. The van der Waals surface area contributed by atoms with Crippen LogP contribution in [0.5, 0.6) is 0 Å². The van der Waals surface area contributed by atoms with Crippen LogP contribution in [0.15, 0.2) is 11.1 Å². The minimum absolute atomic E-state index is 0.136. The lowest BCUT2D eigenvalue weighted by molar-refractivity contribution is -0.139. The van der Waals surface area contributed by atoms with Gasteiger partial charge in [-0.2, -0.15) is 5.26 Å². The Bertz CT molecular complexity index is 412. The first kappa shape index (κ1) is 12.4. The van der Waals surface area contributed by atoms with Gasteiger partial charge in [0.1, 0.15) is 0 Å². The Morgan fingerprint density at radius 2 is 2.06 bits per heavy atom. The van der Waals surface area contributed by atoms with E-state index in [4.69, 9.17) is 10.4 Å². The Morgan fingerprint density at radius 3 is 2.44 bits per heavy atom. The molecule has 1 atom stereocenters. The number of nitrogens with zero attached hydrogens (tertiary/aromatic N) is 1. The summed E-state index contributed by atoms with van der Waals surface area (Å²) >= 11 is 0. The van der Waals surface area contributed by atoms with Crippen LogP contribution in [0.25, 0.3) is 0 Å². The predicted molar refractivity (Wildman–Crippen MR) is 57.5 cm³/mol. The molecule has 0 radical (unpaired) electrons. The number of ketones is 1. The minimum Gasteiger partial charge on any atom is -0.480 e. The maximum absolute atomic E-state index is 11.9. The maximum atomic E-state index is 11.9. The third-order valence-corrected chi connectivity index (χ3v) is 2.81. The van der Waals surface area contributed by atoms with Crippen molar-refractivity contribution in [2.45, 2.75) is 33.6 Å². The van der Waals surface area contributed by atoms with E-state index >= 15 is 0 Å². The van der Waals surface area contributed by atoms with Gasteiger partial charge in [-0.25, -0.2) is 0 Å². The van der Waals surface area contributed by atoms with E-state index in [-0.39, 0.29) is 16.8 Å². The van der Waals surface area contributed by atoms with Gasteiger partial charge in [0.2, 0.25) is 0 Å². The number of nitriles is 1. The van der Waals surface area contributed by atoms with Crippen molar-refractivity contribution in [3.05, 3.63) is 11.1 Å². The van der Waals surface area contributed by atoms with Crippen molar-refractivity contribution in [2.75, 3.05) is 0 Å². The molecule has 1 rings (SSSR count). The monoisotopic (exact) mass is 221 g/mol. The molecule has 0 heterocycles. The van der Waals surface area contributed by atoms with Gasteiger partial charge in [-0.3, -0.25) is 9.59 Å². The molecule has 0 spiro atoms. The summed E-state index contributed by atoms with van der Waals surface area (Å²) in [4.78, 5) is 22.7. The van der Waals surface area contributed by atoms with Crippen LogP contribution in [0, 0.1) is 22.7 Å². The summed E-state index contributed by atoms with van der Waals surface area (Å²) in [5.41, 5.74) is 0.785. The Hall–Kier alpha value is -1.63. The fourth-order valence-electron chi connectivity index (χ4n) is 2.29. The molecule has 1 aliphatic rings. The molecule has 0 aromatic heterocycles. The van der Waals surface area contributed by atoms with Gasteiger partial charge in [0.25, 0.3) is 0 Å². The molecule has 0 bridgehead atoms. The third-order valence-electron chi connectivity index (χ3n) is 2.81. The molecular weight excluding hydrogens is 206 g/mol. The fourth-order valence-corrected chi connectivity index (χ4v) is 2.29. The van der Waals surface area contributed by atoms with Crippen molar-refractivity contribution < 1.29 is 14.7 Å². The van der Waals surface area contributed by atoms with E-state index in [0.717, 1.165) is 5.57 Å². The molecule has 1 N–H and O–H groups in total. The molecule has 0 saturated heterocycles. The van der Waals surface area contributed by atoms with Crippen LogP contribution in [-0.2, 0) is 9.59 Å². The smallest absolute Gasteiger partial charge is 0.325 e. The maximum Gasteiger partial charge on any atom is 0.325 e. The van der Waals surface area contributed by atoms with Crippen LogP contribution < -0.4 is 0 Å². The minimum atomic E-state index is -1.32. The van der Waals surface area contributed by atoms with Gasteiger partial charge in [-0.15, -0.1) is 0 Å². The SMILES string of the molecule is CC1=C(C(C#N)C(=O)O)C(=O)CC(C)(C)C1. The molecule has 0 aliphatic heterocycles. The molecule has 0 saturated carbocycles. The molecule has 86 valence electrons. The van der Waals surface area contributed by atoms with Crippen molar-refractivity contribution in [3.8, 4) is 6.07 Å². The summed E-state index contributed by atoms with van der Waals surface area (Å²) in [6, 6.07) is 1.68. The quantitative estimate of drug-likeness (QED) is 0.772. The second kappa shape index (κ2) is 4.09. The lowest BCUT2D eigenvalue weighted by Gasteiger charge is -2.31. The van der Waals surface area contributed by atoms with Crippen LogP contribution in [0.4, 0.5) is 0 Å². The van der Waals surface area contributed by atoms with Gasteiger partial charge < -0.3 is 5.11 Å². The summed E-state index contributed by atoms with van der Waals surface area (Å²) in [6.45, 7) is 5.67. The third kappa shape index (κ3) is 2.30. The molecule has 0 fully saturated rings. The number of carbonyl (C=O) groups is 2. The molecule has 0 aromatic carbocycles. The van der Waals surface area contributed by atoms with Gasteiger partial charge in [0.05, 0.1) is 6.07 Å². The Morgan fingerprint density at radius 1 is 1.50 bits per heavy atom. The second-order valence-corrected chi connectivity index (χ2v) is 5.04. The zero-order chi connectivity index (χ0) is 12.5. The van der Waals surface area contributed by atoms with Crippen molar-refractivity contribution in [1.29, 1.82) is 5.26 Å². The van der Waals surface area contributed by atoms with Crippen LogP contribution in [0.1, 0.15) is 33.6 Å². The van der Waals surface area contributed by atoms with E-state index < -0.39 is 11.9 Å². The summed E-state index contributed by atoms with van der Waals surface area (Å²) in [7, 11) is 0. The highest BCUT2D eigenvalue weighted by atomic mass is 16.4. The molecule has 0 amide bonds. The van der Waals surface area contributed by atoms with E-state index in [1.54, 1.807) is 13.0 Å².